The molecule has 1 fully saturated rings. The average Bonchev–Trinajstić information content (AvgIpc) is 2.97. The summed E-state index contributed by atoms with van der Waals surface area (Å²) in [5, 5.41) is 1.22. The van der Waals surface area contributed by atoms with Crippen LogP contribution in [0.2, 0.25) is 10.0 Å². The lowest BCUT2D eigenvalue weighted by Gasteiger charge is -2.36. The largest absolute Gasteiger partial charge is 0.494 e. The minimum absolute atomic E-state index is 0.0468. The van der Waals surface area contributed by atoms with Crippen molar-refractivity contribution in [3.05, 3.63) is 52.0 Å². The smallest absolute Gasteiger partial charge is 0.411 e. The van der Waals surface area contributed by atoms with E-state index in [0.29, 0.717) is 54.4 Å². The number of carbonyl (C=O) groups is 2. The molecule has 2 amide bonds. The highest BCUT2D eigenvalue weighted by Gasteiger charge is 2.27. The minimum atomic E-state index is -0.385. The number of piperazine rings is 1. The van der Waals surface area contributed by atoms with Crippen LogP contribution in [0.1, 0.15) is 52.5 Å². The zero-order valence-electron chi connectivity index (χ0n) is 26.0. The van der Waals surface area contributed by atoms with Crippen molar-refractivity contribution in [1.29, 1.82) is 0 Å². The fraction of sp³-hybridized carbons (Fsp3) is 0.576. The molecular weight excluding hydrogens is 587 g/mol. The zero-order chi connectivity index (χ0) is 30.9. The Bertz CT molecular complexity index is 1220. The van der Waals surface area contributed by atoms with Crippen LogP contribution in [0.25, 0.3) is 0 Å². The number of halogens is 2. The van der Waals surface area contributed by atoms with E-state index in [1.807, 2.05) is 36.4 Å². The Balaban J connectivity index is 1.23. The van der Waals surface area contributed by atoms with Crippen molar-refractivity contribution in [1.82, 2.24) is 9.80 Å². The van der Waals surface area contributed by atoms with Gasteiger partial charge in [-0.1, -0.05) is 63.0 Å². The van der Waals surface area contributed by atoms with Crippen LogP contribution in [0.15, 0.2) is 36.4 Å². The third kappa shape index (κ3) is 9.40. The molecule has 0 radical (unpaired) electrons. The molecule has 0 bridgehead atoms. The fourth-order valence-corrected chi connectivity index (χ4v) is 6.06. The molecule has 2 heterocycles. The van der Waals surface area contributed by atoms with Crippen molar-refractivity contribution < 1.29 is 19.1 Å². The molecule has 43 heavy (non-hydrogen) atoms. The first-order chi connectivity index (χ1) is 20.6. The van der Waals surface area contributed by atoms with Gasteiger partial charge in [-0.2, -0.15) is 0 Å². The van der Waals surface area contributed by atoms with E-state index >= 15 is 0 Å². The summed E-state index contributed by atoms with van der Waals surface area (Å²) < 4.78 is 11.7. The highest BCUT2D eigenvalue weighted by Crippen LogP contribution is 2.33. The summed E-state index contributed by atoms with van der Waals surface area (Å²) in [5.41, 5.74) is 2.82. The van der Waals surface area contributed by atoms with Crippen LogP contribution in [0.3, 0.4) is 0 Å². The first-order valence-electron chi connectivity index (χ1n) is 15.5. The predicted octanol–water partition coefficient (Wildman–Crippen LogP) is 6.96. The summed E-state index contributed by atoms with van der Waals surface area (Å²) in [5.74, 6) is 1.33. The van der Waals surface area contributed by atoms with Crippen LogP contribution in [0.4, 0.5) is 16.2 Å². The molecule has 2 aliphatic heterocycles. The Morgan fingerprint density at radius 2 is 1.65 bits per heavy atom. The van der Waals surface area contributed by atoms with Gasteiger partial charge in [0.15, 0.2) is 6.73 Å². The standard InChI is InChI=1S/C33H46Cl2N4O4/c1-24(2)21-38(22-25(3)4)33(41)43-23-39-30-20-27(12-10-26(30)11-13-31(39)40)42-19-6-5-14-36-15-17-37(18-16-36)29-9-7-8-28(34)32(29)35/h7-10,12,20,24-25H,5-6,11,13-19,21-23H2,1-4H3. The van der Waals surface area contributed by atoms with Gasteiger partial charge in [0.1, 0.15) is 5.75 Å². The van der Waals surface area contributed by atoms with Crippen LogP contribution < -0.4 is 14.5 Å². The van der Waals surface area contributed by atoms with E-state index in [4.69, 9.17) is 32.7 Å². The molecule has 2 aromatic carbocycles. The van der Waals surface area contributed by atoms with Gasteiger partial charge in [0.2, 0.25) is 5.91 Å². The number of benzene rings is 2. The number of carbonyl (C=O) groups excluding carboxylic acids is 2. The Labute approximate surface area is 266 Å². The Morgan fingerprint density at radius 1 is 0.930 bits per heavy atom. The van der Waals surface area contributed by atoms with Gasteiger partial charge in [0, 0.05) is 51.8 Å². The molecule has 4 rings (SSSR count). The van der Waals surface area contributed by atoms with Gasteiger partial charge < -0.3 is 19.3 Å². The molecule has 0 unspecified atom stereocenters. The number of unbranched alkanes of at least 4 members (excludes halogenated alkanes) is 1. The van der Waals surface area contributed by atoms with E-state index < -0.39 is 0 Å². The average molecular weight is 634 g/mol. The van der Waals surface area contributed by atoms with Crippen LogP contribution in [0, 0.1) is 11.8 Å². The molecule has 10 heteroatoms. The summed E-state index contributed by atoms with van der Waals surface area (Å²) in [6.45, 7) is 14.9. The molecule has 236 valence electrons. The summed E-state index contributed by atoms with van der Waals surface area (Å²) in [4.78, 5) is 33.8. The molecule has 0 aliphatic carbocycles. The van der Waals surface area contributed by atoms with Crippen LogP contribution >= 0.6 is 23.2 Å². The number of aryl methyl sites for hydroxylation is 1. The highest BCUT2D eigenvalue weighted by molar-refractivity contribution is 6.43. The number of hydrogen-bond donors (Lipinski definition) is 0. The van der Waals surface area contributed by atoms with Gasteiger partial charge in [-0.15, -0.1) is 0 Å². The van der Waals surface area contributed by atoms with Gasteiger partial charge in [0.25, 0.3) is 0 Å². The lowest BCUT2D eigenvalue weighted by atomic mass is 10.0. The number of hydrogen-bond acceptors (Lipinski definition) is 6. The normalized spacial score (nSPS) is 15.7. The maximum atomic E-state index is 12.9. The molecule has 8 nitrogen and oxygen atoms in total. The van der Waals surface area contributed by atoms with Crippen molar-refractivity contribution in [3.63, 3.8) is 0 Å². The molecular formula is C33H46Cl2N4O4. The maximum Gasteiger partial charge on any atom is 0.411 e. The Kier molecular flexibility index (Phi) is 12.3. The number of anilines is 2. The summed E-state index contributed by atoms with van der Waals surface area (Å²) in [7, 11) is 0. The van der Waals surface area contributed by atoms with Crippen LogP contribution in [-0.2, 0) is 16.0 Å². The van der Waals surface area contributed by atoms with Gasteiger partial charge >= 0.3 is 6.09 Å². The van der Waals surface area contributed by atoms with Gasteiger partial charge in [-0.3, -0.25) is 14.6 Å². The molecule has 0 spiro atoms. The quantitative estimate of drug-likeness (QED) is 0.222. The lowest BCUT2D eigenvalue weighted by Crippen LogP contribution is -2.46. The molecule has 0 atom stereocenters. The molecule has 2 aliphatic rings. The molecule has 0 saturated carbocycles. The Hall–Kier alpha value is -2.68. The van der Waals surface area contributed by atoms with E-state index in [2.05, 4.69) is 37.5 Å². The van der Waals surface area contributed by atoms with Crippen molar-refractivity contribution in [2.75, 3.05) is 69.0 Å². The van der Waals surface area contributed by atoms with Gasteiger partial charge in [0.05, 0.1) is 28.0 Å². The lowest BCUT2D eigenvalue weighted by molar-refractivity contribution is -0.119. The molecule has 0 aromatic heterocycles. The van der Waals surface area contributed by atoms with E-state index in [0.717, 1.165) is 68.3 Å². The predicted molar refractivity (Wildman–Crippen MR) is 175 cm³/mol. The van der Waals surface area contributed by atoms with Gasteiger partial charge in [-0.25, -0.2) is 4.79 Å². The molecule has 2 aromatic rings. The summed E-state index contributed by atoms with van der Waals surface area (Å²) in [6, 6.07) is 11.7. The van der Waals surface area contributed by atoms with Crippen molar-refractivity contribution in [2.45, 2.75) is 53.4 Å². The third-order valence-corrected chi connectivity index (χ3v) is 8.59. The number of ether oxygens (including phenoxy) is 2. The maximum absolute atomic E-state index is 12.9. The molecule has 0 N–H and O–H groups in total. The van der Waals surface area contributed by atoms with Crippen LogP contribution in [0.5, 0.6) is 5.75 Å². The number of amides is 2. The Morgan fingerprint density at radius 3 is 2.35 bits per heavy atom. The first-order valence-corrected chi connectivity index (χ1v) is 16.3. The summed E-state index contributed by atoms with van der Waals surface area (Å²) >= 11 is 12.6. The minimum Gasteiger partial charge on any atom is -0.494 e. The highest BCUT2D eigenvalue weighted by atomic mass is 35.5. The van der Waals surface area contributed by atoms with Crippen molar-refractivity contribution in [3.8, 4) is 5.75 Å². The number of rotatable bonds is 13. The molecule has 1 saturated heterocycles. The summed E-state index contributed by atoms with van der Waals surface area (Å²) in [6.07, 6.45) is 2.64. The monoisotopic (exact) mass is 632 g/mol. The topological polar surface area (TPSA) is 65.6 Å². The number of nitrogens with zero attached hydrogens (tertiary/aromatic N) is 4. The van der Waals surface area contributed by atoms with Crippen molar-refractivity contribution in [2.24, 2.45) is 11.8 Å². The van der Waals surface area contributed by atoms with Gasteiger partial charge in [-0.05, 0) is 61.4 Å². The third-order valence-electron chi connectivity index (χ3n) is 7.78. The fourth-order valence-electron chi connectivity index (χ4n) is 5.64. The number of fused-ring (bicyclic) bond motifs is 1. The van der Waals surface area contributed by atoms with Crippen LogP contribution in [-0.4, -0.2) is 81.0 Å². The van der Waals surface area contributed by atoms with E-state index in [1.165, 1.54) is 0 Å². The second kappa shape index (κ2) is 15.9. The first kappa shape index (κ1) is 33.2. The second-order valence-corrected chi connectivity index (χ2v) is 13.1. The van der Waals surface area contributed by atoms with E-state index in [1.54, 1.807) is 9.80 Å². The second-order valence-electron chi connectivity index (χ2n) is 12.3. The van der Waals surface area contributed by atoms with E-state index in [-0.39, 0.29) is 18.7 Å². The van der Waals surface area contributed by atoms with E-state index in [9.17, 15) is 9.59 Å². The SMILES string of the molecule is CC(C)CN(CC(C)C)C(=O)OCN1C(=O)CCc2ccc(OCCCCN3CCN(c4cccc(Cl)c4Cl)CC3)cc21. The van der Waals surface area contributed by atoms with Crippen molar-refractivity contribution >= 4 is 46.6 Å². The zero-order valence-corrected chi connectivity index (χ0v) is 27.5.